The monoisotopic (exact) mass is 280 g/mol. The minimum absolute atomic E-state index is 0.0125. The largest absolute Gasteiger partial charge is 0.328 e. The van der Waals surface area contributed by atoms with Gasteiger partial charge in [-0.25, -0.2) is 13.6 Å². The van der Waals surface area contributed by atoms with Crippen molar-refractivity contribution in [2.45, 2.75) is 18.7 Å². The van der Waals surface area contributed by atoms with Gasteiger partial charge in [-0.1, -0.05) is 5.92 Å². The number of aryl methyl sites for hydroxylation is 1. The Morgan fingerprint density at radius 1 is 1.47 bits per heavy atom. The van der Waals surface area contributed by atoms with Crippen molar-refractivity contribution in [3.05, 3.63) is 29.3 Å². The van der Waals surface area contributed by atoms with Gasteiger partial charge in [0.15, 0.2) is 0 Å². The van der Waals surface area contributed by atoms with Crippen molar-refractivity contribution in [1.82, 2.24) is 4.90 Å². The van der Waals surface area contributed by atoms with Crippen molar-refractivity contribution in [2.24, 2.45) is 5.14 Å². The number of nitrogens with two attached hydrogens (primary N) is 1. The molecule has 1 aromatic carbocycles. The minimum Gasteiger partial charge on any atom is -0.328 e. The van der Waals surface area contributed by atoms with Crippen molar-refractivity contribution in [2.75, 3.05) is 13.1 Å². The van der Waals surface area contributed by atoms with E-state index in [4.69, 9.17) is 11.6 Å². The maximum atomic E-state index is 12.2. The van der Waals surface area contributed by atoms with Crippen molar-refractivity contribution >= 4 is 15.9 Å². The zero-order valence-electron chi connectivity index (χ0n) is 10.9. The van der Waals surface area contributed by atoms with Crippen LogP contribution in [0.1, 0.15) is 22.8 Å². The lowest BCUT2D eigenvalue weighted by molar-refractivity contribution is 0.0784. The summed E-state index contributed by atoms with van der Waals surface area (Å²) in [5.74, 6) is 2.19. The Morgan fingerprint density at radius 2 is 2.11 bits per heavy atom. The summed E-state index contributed by atoms with van der Waals surface area (Å²) in [6.07, 6.45) is 5.20. The fourth-order valence-corrected chi connectivity index (χ4v) is 2.26. The Balaban J connectivity index is 3.17. The van der Waals surface area contributed by atoms with Crippen LogP contribution in [-0.4, -0.2) is 32.3 Å². The van der Waals surface area contributed by atoms with Gasteiger partial charge in [0.25, 0.3) is 5.91 Å². The summed E-state index contributed by atoms with van der Waals surface area (Å²) in [5, 5.41) is 5.04. The highest BCUT2D eigenvalue weighted by Crippen LogP contribution is 2.16. The molecule has 19 heavy (non-hydrogen) atoms. The topological polar surface area (TPSA) is 80.5 Å². The van der Waals surface area contributed by atoms with Gasteiger partial charge in [-0.15, -0.1) is 6.42 Å². The molecule has 6 heteroatoms. The second kappa shape index (κ2) is 5.87. The fourth-order valence-electron chi connectivity index (χ4n) is 1.66. The molecule has 0 unspecified atom stereocenters. The van der Waals surface area contributed by atoms with Crippen molar-refractivity contribution < 1.29 is 13.2 Å². The van der Waals surface area contributed by atoms with E-state index in [-0.39, 0.29) is 17.3 Å². The number of hydrogen-bond acceptors (Lipinski definition) is 3. The molecule has 0 aliphatic heterocycles. The summed E-state index contributed by atoms with van der Waals surface area (Å²) in [7, 11) is -3.76. The van der Waals surface area contributed by atoms with E-state index in [0.717, 1.165) is 0 Å². The number of benzene rings is 1. The van der Waals surface area contributed by atoms with Gasteiger partial charge in [0.05, 0.1) is 11.4 Å². The van der Waals surface area contributed by atoms with Gasteiger partial charge in [-0.05, 0) is 37.6 Å². The third-order valence-corrected chi connectivity index (χ3v) is 3.62. The molecular formula is C13H16N2O3S. The summed E-state index contributed by atoms with van der Waals surface area (Å²) >= 11 is 0. The molecule has 0 saturated carbocycles. The lowest BCUT2D eigenvalue weighted by Gasteiger charge is -2.19. The average Bonchev–Trinajstić information content (AvgIpc) is 2.34. The van der Waals surface area contributed by atoms with Crippen LogP contribution in [0.2, 0.25) is 0 Å². The number of carbonyl (C=O) groups excluding carboxylic acids is 1. The summed E-state index contributed by atoms with van der Waals surface area (Å²) in [6.45, 7) is 4.18. The van der Waals surface area contributed by atoms with Crippen LogP contribution >= 0.6 is 0 Å². The van der Waals surface area contributed by atoms with Crippen LogP contribution < -0.4 is 5.14 Å². The molecule has 0 radical (unpaired) electrons. The number of amides is 1. The molecule has 0 atom stereocenters. The molecule has 0 fully saturated rings. The van der Waals surface area contributed by atoms with Gasteiger partial charge in [0.2, 0.25) is 10.0 Å². The standard InChI is InChI=1S/C13H16N2O3S/c1-4-8-15(5-2)13(16)12-7-6-11(9-10(12)3)19(14,17)18/h1,6-7,9H,5,8H2,2-3H3,(H2,14,17,18). The Kier molecular flexibility index (Phi) is 4.70. The van der Waals surface area contributed by atoms with Crippen LogP contribution in [0.3, 0.4) is 0 Å². The average molecular weight is 280 g/mol. The van der Waals surface area contributed by atoms with E-state index in [1.54, 1.807) is 6.92 Å². The number of sulfonamides is 1. The third kappa shape index (κ3) is 3.56. The maximum Gasteiger partial charge on any atom is 0.254 e. The zero-order valence-corrected chi connectivity index (χ0v) is 11.7. The zero-order chi connectivity index (χ0) is 14.6. The molecule has 0 spiro atoms. The van der Waals surface area contributed by atoms with E-state index >= 15 is 0 Å². The highest BCUT2D eigenvalue weighted by Gasteiger charge is 2.17. The molecule has 0 saturated heterocycles. The van der Waals surface area contributed by atoms with Gasteiger partial charge in [-0.3, -0.25) is 4.79 Å². The van der Waals surface area contributed by atoms with Crippen LogP contribution in [0.5, 0.6) is 0 Å². The number of rotatable bonds is 4. The quantitative estimate of drug-likeness (QED) is 0.826. The Labute approximate surface area is 113 Å². The molecular weight excluding hydrogens is 264 g/mol. The van der Waals surface area contributed by atoms with E-state index < -0.39 is 10.0 Å². The first-order valence-corrected chi connectivity index (χ1v) is 7.22. The van der Waals surface area contributed by atoms with Crippen LogP contribution in [0, 0.1) is 19.3 Å². The van der Waals surface area contributed by atoms with Gasteiger partial charge < -0.3 is 4.90 Å². The molecule has 0 heterocycles. The van der Waals surface area contributed by atoms with Gasteiger partial charge >= 0.3 is 0 Å². The normalized spacial score (nSPS) is 10.8. The van der Waals surface area contributed by atoms with E-state index in [2.05, 4.69) is 5.92 Å². The number of nitrogens with zero attached hydrogens (tertiary/aromatic N) is 1. The number of hydrogen-bond donors (Lipinski definition) is 1. The molecule has 5 nitrogen and oxygen atoms in total. The molecule has 0 bridgehead atoms. The second-order valence-corrected chi connectivity index (χ2v) is 5.61. The predicted molar refractivity (Wildman–Crippen MR) is 73.0 cm³/mol. The fraction of sp³-hybridized carbons (Fsp3) is 0.308. The molecule has 1 rings (SSSR count). The van der Waals surface area contributed by atoms with Crippen LogP contribution in [0.4, 0.5) is 0 Å². The van der Waals surface area contributed by atoms with Gasteiger partial charge in [0.1, 0.15) is 0 Å². The SMILES string of the molecule is C#CCN(CC)C(=O)c1ccc(S(N)(=O)=O)cc1C. The Hall–Kier alpha value is -1.84. The number of carbonyl (C=O) groups is 1. The minimum atomic E-state index is -3.76. The highest BCUT2D eigenvalue weighted by molar-refractivity contribution is 7.89. The number of primary sulfonamides is 1. The lowest BCUT2D eigenvalue weighted by atomic mass is 10.1. The van der Waals surface area contributed by atoms with Crippen molar-refractivity contribution in [3.63, 3.8) is 0 Å². The summed E-state index contributed by atoms with van der Waals surface area (Å²) in [6, 6.07) is 4.15. The van der Waals surface area contributed by atoms with Crippen molar-refractivity contribution in [1.29, 1.82) is 0 Å². The molecule has 1 amide bonds. The molecule has 1 aromatic rings. The maximum absolute atomic E-state index is 12.2. The molecule has 102 valence electrons. The highest BCUT2D eigenvalue weighted by atomic mass is 32.2. The number of terminal acetylenes is 1. The summed E-state index contributed by atoms with van der Waals surface area (Å²) in [5.41, 5.74) is 0.969. The summed E-state index contributed by atoms with van der Waals surface area (Å²) < 4.78 is 22.4. The molecule has 0 aliphatic carbocycles. The lowest BCUT2D eigenvalue weighted by Crippen LogP contribution is -2.31. The summed E-state index contributed by atoms with van der Waals surface area (Å²) in [4.78, 5) is 13.7. The first-order valence-electron chi connectivity index (χ1n) is 5.67. The molecule has 2 N–H and O–H groups in total. The first kappa shape index (κ1) is 15.2. The second-order valence-electron chi connectivity index (χ2n) is 4.05. The smallest absolute Gasteiger partial charge is 0.254 e. The molecule has 0 aliphatic rings. The van der Waals surface area contributed by atoms with Crippen LogP contribution in [-0.2, 0) is 10.0 Å². The first-order chi connectivity index (χ1) is 8.81. The Bertz CT molecular complexity index is 630. The molecule has 0 aromatic heterocycles. The van der Waals surface area contributed by atoms with E-state index in [9.17, 15) is 13.2 Å². The van der Waals surface area contributed by atoms with E-state index in [0.29, 0.717) is 17.7 Å². The Morgan fingerprint density at radius 3 is 2.53 bits per heavy atom. The predicted octanol–water partition coefficient (Wildman–Crippen LogP) is 0.738. The van der Waals surface area contributed by atoms with E-state index in [1.165, 1.54) is 23.1 Å². The van der Waals surface area contributed by atoms with Crippen molar-refractivity contribution in [3.8, 4) is 12.3 Å². The van der Waals surface area contributed by atoms with Crippen LogP contribution in [0.15, 0.2) is 23.1 Å². The van der Waals surface area contributed by atoms with Gasteiger partial charge in [-0.2, -0.15) is 0 Å². The van der Waals surface area contributed by atoms with E-state index in [1.807, 2.05) is 6.92 Å². The third-order valence-electron chi connectivity index (χ3n) is 2.71. The van der Waals surface area contributed by atoms with Gasteiger partial charge in [0, 0.05) is 12.1 Å². The van der Waals surface area contributed by atoms with Crippen LogP contribution in [0.25, 0.3) is 0 Å².